The summed E-state index contributed by atoms with van der Waals surface area (Å²) in [5.41, 5.74) is 1.88. The molecule has 0 aromatic heterocycles. The van der Waals surface area contributed by atoms with E-state index in [1.54, 1.807) is 18.2 Å². The van der Waals surface area contributed by atoms with E-state index < -0.39 is 0 Å². The van der Waals surface area contributed by atoms with Gasteiger partial charge >= 0.3 is 0 Å². The number of hydrogen-bond donors (Lipinski definition) is 2. The Morgan fingerprint density at radius 3 is 2.44 bits per heavy atom. The van der Waals surface area contributed by atoms with Gasteiger partial charge in [0, 0.05) is 6.54 Å². The second-order valence-electron chi connectivity index (χ2n) is 4.11. The van der Waals surface area contributed by atoms with Crippen LogP contribution in [-0.2, 0) is 17.8 Å². The number of rotatable bonds is 4. The van der Waals surface area contributed by atoms with Crippen LogP contribution in [0.5, 0.6) is 5.75 Å². The molecule has 0 fully saturated rings. The summed E-state index contributed by atoms with van der Waals surface area (Å²) in [4.78, 5) is 11.7. The summed E-state index contributed by atoms with van der Waals surface area (Å²) >= 11 is 0. The van der Waals surface area contributed by atoms with Gasteiger partial charge in [-0.15, -0.1) is 0 Å². The monoisotopic (exact) mass is 241 g/mol. The number of phenols is 1. The zero-order valence-electron chi connectivity index (χ0n) is 9.97. The minimum Gasteiger partial charge on any atom is -0.508 e. The van der Waals surface area contributed by atoms with Crippen LogP contribution in [0.3, 0.4) is 0 Å². The van der Waals surface area contributed by atoms with Gasteiger partial charge in [-0.2, -0.15) is 0 Å². The number of nitrogens with one attached hydrogen (secondary N) is 1. The van der Waals surface area contributed by atoms with Crippen molar-refractivity contribution in [3.8, 4) is 5.75 Å². The van der Waals surface area contributed by atoms with E-state index in [1.807, 2.05) is 36.4 Å². The fraction of sp³-hybridized carbons (Fsp3) is 0.133. The third-order valence-corrected chi connectivity index (χ3v) is 2.61. The molecule has 0 aliphatic heterocycles. The second-order valence-corrected chi connectivity index (χ2v) is 4.11. The van der Waals surface area contributed by atoms with E-state index in [0.717, 1.165) is 11.1 Å². The Hall–Kier alpha value is -2.29. The fourth-order valence-electron chi connectivity index (χ4n) is 1.71. The Labute approximate surface area is 106 Å². The highest BCUT2D eigenvalue weighted by Crippen LogP contribution is 2.10. The van der Waals surface area contributed by atoms with Crippen LogP contribution in [-0.4, -0.2) is 11.0 Å². The van der Waals surface area contributed by atoms with Gasteiger partial charge in [0.25, 0.3) is 0 Å². The molecule has 0 aliphatic carbocycles. The summed E-state index contributed by atoms with van der Waals surface area (Å²) < 4.78 is 0. The lowest BCUT2D eigenvalue weighted by Gasteiger charge is -2.05. The van der Waals surface area contributed by atoms with Gasteiger partial charge in [0.15, 0.2) is 0 Å². The smallest absolute Gasteiger partial charge is 0.224 e. The number of phenolic OH excluding ortho intramolecular Hbond substituents is 1. The van der Waals surface area contributed by atoms with Gasteiger partial charge in [-0.1, -0.05) is 42.5 Å². The van der Waals surface area contributed by atoms with Crippen LogP contribution >= 0.6 is 0 Å². The van der Waals surface area contributed by atoms with Crippen molar-refractivity contribution in [3.05, 3.63) is 65.7 Å². The summed E-state index contributed by atoms with van der Waals surface area (Å²) in [6, 6.07) is 16.5. The first-order valence-electron chi connectivity index (χ1n) is 5.82. The minimum absolute atomic E-state index is 0.0236. The summed E-state index contributed by atoms with van der Waals surface area (Å²) in [6.45, 7) is 0.431. The van der Waals surface area contributed by atoms with Crippen molar-refractivity contribution in [1.82, 2.24) is 5.32 Å². The van der Waals surface area contributed by atoms with Gasteiger partial charge in [0.05, 0.1) is 6.42 Å². The van der Waals surface area contributed by atoms with Crippen LogP contribution < -0.4 is 5.32 Å². The number of hydrogen-bond acceptors (Lipinski definition) is 2. The SMILES string of the molecule is O=C(Cc1ccccc1)NCc1cccc(O)c1. The van der Waals surface area contributed by atoms with Crippen LogP contribution in [0.15, 0.2) is 54.6 Å². The molecule has 0 atom stereocenters. The van der Waals surface area contributed by atoms with Crippen LogP contribution in [0.4, 0.5) is 0 Å². The molecule has 1 amide bonds. The molecule has 0 bridgehead atoms. The Morgan fingerprint density at radius 2 is 1.72 bits per heavy atom. The van der Waals surface area contributed by atoms with Crippen molar-refractivity contribution in [1.29, 1.82) is 0 Å². The topological polar surface area (TPSA) is 49.3 Å². The number of aromatic hydroxyl groups is 1. The van der Waals surface area contributed by atoms with Crippen molar-refractivity contribution in [2.24, 2.45) is 0 Å². The van der Waals surface area contributed by atoms with E-state index in [9.17, 15) is 9.90 Å². The molecule has 0 spiro atoms. The zero-order chi connectivity index (χ0) is 12.8. The van der Waals surface area contributed by atoms with Crippen LogP contribution in [0, 0.1) is 0 Å². The number of benzene rings is 2. The van der Waals surface area contributed by atoms with Crippen molar-refractivity contribution in [2.75, 3.05) is 0 Å². The normalized spacial score (nSPS) is 10.0. The quantitative estimate of drug-likeness (QED) is 0.862. The fourth-order valence-corrected chi connectivity index (χ4v) is 1.71. The Bertz CT molecular complexity index is 523. The lowest BCUT2D eigenvalue weighted by atomic mass is 10.1. The lowest BCUT2D eigenvalue weighted by molar-refractivity contribution is -0.120. The molecule has 0 saturated carbocycles. The molecule has 3 heteroatoms. The van der Waals surface area contributed by atoms with Crippen LogP contribution in [0.1, 0.15) is 11.1 Å². The molecule has 18 heavy (non-hydrogen) atoms. The third kappa shape index (κ3) is 3.63. The predicted molar refractivity (Wildman–Crippen MR) is 70.1 cm³/mol. The van der Waals surface area contributed by atoms with Gasteiger partial charge in [-0.25, -0.2) is 0 Å². The maximum atomic E-state index is 11.7. The summed E-state index contributed by atoms with van der Waals surface area (Å²) in [5.74, 6) is 0.189. The molecule has 0 heterocycles. The first-order chi connectivity index (χ1) is 8.74. The first kappa shape index (κ1) is 12.2. The molecule has 0 radical (unpaired) electrons. The third-order valence-electron chi connectivity index (χ3n) is 2.61. The average molecular weight is 241 g/mol. The highest BCUT2D eigenvalue weighted by molar-refractivity contribution is 5.78. The molecular weight excluding hydrogens is 226 g/mol. The molecule has 92 valence electrons. The highest BCUT2D eigenvalue weighted by Gasteiger charge is 2.02. The standard InChI is InChI=1S/C15H15NO2/c17-14-8-4-7-13(9-14)11-16-15(18)10-12-5-2-1-3-6-12/h1-9,17H,10-11H2,(H,16,18). The maximum absolute atomic E-state index is 11.7. The Balaban J connectivity index is 1.85. The first-order valence-corrected chi connectivity index (χ1v) is 5.82. The van der Waals surface area contributed by atoms with Gasteiger partial charge in [0.2, 0.25) is 5.91 Å². The van der Waals surface area contributed by atoms with Crippen molar-refractivity contribution in [3.63, 3.8) is 0 Å². The molecule has 2 aromatic rings. The molecule has 0 aliphatic rings. The van der Waals surface area contributed by atoms with Crippen LogP contribution in [0.25, 0.3) is 0 Å². The van der Waals surface area contributed by atoms with Gasteiger partial charge in [0.1, 0.15) is 5.75 Å². The second kappa shape index (κ2) is 5.87. The molecule has 0 unspecified atom stereocenters. The van der Waals surface area contributed by atoms with E-state index in [-0.39, 0.29) is 11.7 Å². The molecule has 0 saturated heterocycles. The molecule has 3 nitrogen and oxygen atoms in total. The number of carbonyl (C=O) groups is 1. The van der Waals surface area contributed by atoms with E-state index in [4.69, 9.17) is 0 Å². The van der Waals surface area contributed by atoms with E-state index in [2.05, 4.69) is 5.32 Å². The van der Waals surface area contributed by atoms with Crippen LogP contribution in [0.2, 0.25) is 0 Å². The summed E-state index contributed by atoms with van der Waals surface area (Å²) in [7, 11) is 0. The van der Waals surface area contributed by atoms with E-state index in [1.165, 1.54) is 0 Å². The van der Waals surface area contributed by atoms with Crippen molar-refractivity contribution >= 4 is 5.91 Å². The summed E-state index contributed by atoms with van der Waals surface area (Å²) in [6.07, 6.45) is 0.375. The van der Waals surface area contributed by atoms with E-state index >= 15 is 0 Å². The minimum atomic E-state index is -0.0236. The van der Waals surface area contributed by atoms with E-state index in [0.29, 0.717) is 13.0 Å². The summed E-state index contributed by atoms with van der Waals surface area (Å²) in [5, 5.41) is 12.1. The van der Waals surface area contributed by atoms with Gasteiger partial charge in [-0.05, 0) is 23.3 Å². The van der Waals surface area contributed by atoms with Gasteiger partial charge < -0.3 is 10.4 Å². The largest absolute Gasteiger partial charge is 0.508 e. The predicted octanol–water partition coefficient (Wildman–Crippen LogP) is 2.25. The highest BCUT2D eigenvalue weighted by atomic mass is 16.3. The zero-order valence-corrected chi connectivity index (χ0v) is 9.97. The van der Waals surface area contributed by atoms with Crippen molar-refractivity contribution in [2.45, 2.75) is 13.0 Å². The van der Waals surface area contributed by atoms with Gasteiger partial charge in [-0.3, -0.25) is 4.79 Å². The maximum Gasteiger partial charge on any atom is 0.224 e. The Kier molecular flexibility index (Phi) is 3.97. The van der Waals surface area contributed by atoms with Crippen molar-refractivity contribution < 1.29 is 9.90 Å². The number of carbonyl (C=O) groups excluding carboxylic acids is 1. The number of amides is 1. The molecule has 2 N–H and O–H groups in total. The average Bonchev–Trinajstić information content (AvgIpc) is 2.38. The molecular formula is C15H15NO2. The lowest BCUT2D eigenvalue weighted by Crippen LogP contribution is -2.24. The molecule has 2 rings (SSSR count). The molecule has 2 aromatic carbocycles. The Morgan fingerprint density at radius 1 is 1.00 bits per heavy atom.